The molecule has 1 fully saturated rings. The standard InChI is InChI=1S/C15H26N2S/c1-12-13(8-11-18-12)14(16-4)15(2,3)17-9-6-5-7-10-17/h8,11,14,16H,5-7,9-10H2,1-4H3. The summed E-state index contributed by atoms with van der Waals surface area (Å²) in [6.45, 7) is 9.49. The minimum Gasteiger partial charge on any atom is -0.311 e. The van der Waals surface area contributed by atoms with E-state index in [9.17, 15) is 0 Å². The number of nitrogens with one attached hydrogen (secondary N) is 1. The van der Waals surface area contributed by atoms with Crippen molar-refractivity contribution in [2.24, 2.45) is 0 Å². The molecule has 2 nitrogen and oxygen atoms in total. The number of likely N-dealkylation sites (N-methyl/N-ethyl adjacent to an activating group) is 1. The number of piperidine rings is 1. The molecule has 1 aromatic rings. The van der Waals surface area contributed by atoms with Crippen molar-refractivity contribution in [3.63, 3.8) is 0 Å². The molecule has 2 rings (SSSR count). The van der Waals surface area contributed by atoms with Crippen molar-refractivity contribution in [2.75, 3.05) is 20.1 Å². The lowest BCUT2D eigenvalue weighted by atomic mass is 9.86. The second-order valence-electron chi connectivity index (χ2n) is 5.86. The maximum absolute atomic E-state index is 3.55. The highest BCUT2D eigenvalue weighted by molar-refractivity contribution is 7.10. The smallest absolute Gasteiger partial charge is 0.0510 e. The summed E-state index contributed by atoms with van der Waals surface area (Å²) in [6, 6.07) is 2.70. The average molecular weight is 266 g/mol. The van der Waals surface area contributed by atoms with Crippen molar-refractivity contribution >= 4 is 11.3 Å². The number of hydrogen-bond donors (Lipinski definition) is 1. The van der Waals surface area contributed by atoms with Crippen LogP contribution >= 0.6 is 11.3 Å². The molecule has 1 aliphatic rings. The van der Waals surface area contributed by atoms with Crippen LogP contribution in [0.2, 0.25) is 0 Å². The molecule has 0 aromatic carbocycles. The zero-order valence-electron chi connectivity index (χ0n) is 12.1. The van der Waals surface area contributed by atoms with Crippen molar-refractivity contribution in [2.45, 2.75) is 51.6 Å². The van der Waals surface area contributed by atoms with Gasteiger partial charge in [0.1, 0.15) is 0 Å². The normalized spacial score (nSPS) is 20.0. The van der Waals surface area contributed by atoms with Gasteiger partial charge in [-0.3, -0.25) is 4.90 Å². The summed E-state index contributed by atoms with van der Waals surface area (Å²) in [5.41, 5.74) is 1.65. The summed E-state index contributed by atoms with van der Waals surface area (Å²) in [5.74, 6) is 0. The number of thiophene rings is 1. The molecule has 0 bridgehead atoms. The van der Waals surface area contributed by atoms with E-state index in [1.54, 1.807) is 0 Å². The van der Waals surface area contributed by atoms with Crippen LogP contribution in [0.4, 0.5) is 0 Å². The van der Waals surface area contributed by atoms with Gasteiger partial charge >= 0.3 is 0 Å². The first-order valence-corrected chi connectivity index (χ1v) is 7.91. The van der Waals surface area contributed by atoms with Gasteiger partial charge in [0, 0.05) is 10.4 Å². The highest BCUT2D eigenvalue weighted by Gasteiger charge is 2.36. The summed E-state index contributed by atoms with van der Waals surface area (Å²) in [5, 5.41) is 5.76. The first-order chi connectivity index (χ1) is 8.57. The van der Waals surface area contributed by atoms with Crippen LogP contribution < -0.4 is 5.32 Å². The summed E-state index contributed by atoms with van der Waals surface area (Å²) >= 11 is 1.85. The van der Waals surface area contributed by atoms with Gasteiger partial charge < -0.3 is 5.32 Å². The zero-order valence-corrected chi connectivity index (χ0v) is 12.9. The molecule has 18 heavy (non-hydrogen) atoms. The van der Waals surface area contributed by atoms with Crippen molar-refractivity contribution in [3.05, 3.63) is 21.9 Å². The van der Waals surface area contributed by atoms with E-state index in [2.05, 4.69) is 49.5 Å². The highest BCUT2D eigenvalue weighted by Crippen LogP contribution is 2.35. The summed E-state index contributed by atoms with van der Waals surface area (Å²) in [6.07, 6.45) is 4.10. The third kappa shape index (κ3) is 2.63. The Kier molecular flexibility index (Phi) is 4.46. The average Bonchev–Trinajstić information content (AvgIpc) is 2.78. The molecule has 0 saturated carbocycles. The van der Waals surface area contributed by atoms with E-state index >= 15 is 0 Å². The van der Waals surface area contributed by atoms with E-state index in [4.69, 9.17) is 0 Å². The fourth-order valence-electron chi connectivity index (χ4n) is 3.24. The van der Waals surface area contributed by atoms with Gasteiger partial charge in [-0.15, -0.1) is 11.3 Å². The second kappa shape index (κ2) is 5.72. The van der Waals surface area contributed by atoms with Gasteiger partial charge in [0.2, 0.25) is 0 Å². The van der Waals surface area contributed by atoms with Crippen LogP contribution in [0.15, 0.2) is 11.4 Å². The molecule has 2 heterocycles. The van der Waals surface area contributed by atoms with Crippen molar-refractivity contribution in [1.82, 2.24) is 10.2 Å². The molecule has 1 aliphatic heterocycles. The predicted octanol–water partition coefficient (Wildman–Crippen LogP) is 3.58. The second-order valence-corrected chi connectivity index (χ2v) is 6.98. The van der Waals surface area contributed by atoms with Gasteiger partial charge in [0.05, 0.1) is 6.04 Å². The molecule has 0 radical (unpaired) electrons. The minimum absolute atomic E-state index is 0.182. The molecule has 0 aliphatic carbocycles. The molecule has 0 amide bonds. The van der Waals surface area contributed by atoms with E-state index in [0.717, 1.165) is 0 Å². The third-order valence-corrected chi connectivity index (χ3v) is 5.24. The van der Waals surface area contributed by atoms with Crippen LogP contribution in [0.1, 0.15) is 49.6 Å². The van der Waals surface area contributed by atoms with Gasteiger partial charge in [-0.2, -0.15) is 0 Å². The number of rotatable bonds is 4. The minimum atomic E-state index is 0.182. The van der Waals surface area contributed by atoms with Gasteiger partial charge in [-0.1, -0.05) is 6.42 Å². The number of hydrogen-bond acceptors (Lipinski definition) is 3. The van der Waals surface area contributed by atoms with E-state index < -0.39 is 0 Å². The van der Waals surface area contributed by atoms with Crippen LogP contribution in [-0.2, 0) is 0 Å². The van der Waals surface area contributed by atoms with Crippen molar-refractivity contribution in [1.29, 1.82) is 0 Å². The maximum Gasteiger partial charge on any atom is 0.0510 e. The van der Waals surface area contributed by atoms with Crippen molar-refractivity contribution < 1.29 is 0 Å². The molecular formula is C15H26N2S. The maximum atomic E-state index is 3.55. The molecule has 102 valence electrons. The topological polar surface area (TPSA) is 15.3 Å². The van der Waals surface area contributed by atoms with Crippen LogP contribution in [-0.4, -0.2) is 30.6 Å². The van der Waals surface area contributed by atoms with Crippen LogP contribution in [0.25, 0.3) is 0 Å². The fraction of sp³-hybridized carbons (Fsp3) is 0.733. The number of nitrogens with zero attached hydrogens (tertiary/aromatic N) is 1. The van der Waals surface area contributed by atoms with Gasteiger partial charge in [0.15, 0.2) is 0 Å². The Morgan fingerprint density at radius 3 is 2.44 bits per heavy atom. The summed E-state index contributed by atoms with van der Waals surface area (Å²) < 4.78 is 0. The molecule has 1 aromatic heterocycles. The van der Waals surface area contributed by atoms with Crippen LogP contribution in [0.5, 0.6) is 0 Å². The largest absolute Gasteiger partial charge is 0.311 e. The SMILES string of the molecule is CNC(c1ccsc1C)C(C)(C)N1CCCCC1. The predicted molar refractivity (Wildman–Crippen MR) is 80.4 cm³/mol. The third-order valence-electron chi connectivity index (χ3n) is 4.38. The molecule has 3 heteroatoms. The van der Waals surface area contributed by atoms with Crippen LogP contribution in [0, 0.1) is 6.92 Å². The Morgan fingerprint density at radius 1 is 1.28 bits per heavy atom. The Balaban J connectivity index is 2.22. The lowest BCUT2D eigenvalue weighted by Gasteiger charge is -2.46. The monoisotopic (exact) mass is 266 g/mol. The van der Waals surface area contributed by atoms with E-state index in [-0.39, 0.29) is 5.54 Å². The Labute approximate surface area is 115 Å². The molecular weight excluding hydrogens is 240 g/mol. The quantitative estimate of drug-likeness (QED) is 0.896. The fourth-order valence-corrected chi connectivity index (χ4v) is 3.98. The Bertz CT molecular complexity index is 378. The molecule has 1 atom stereocenters. The van der Waals surface area contributed by atoms with Crippen LogP contribution in [0.3, 0.4) is 0 Å². The highest BCUT2D eigenvalue weighted by atomic mass is 32.1. The Morgan fingerprint density at radius 2 is 1.94 bits per heavy atom. The summed E-state index contributed by atoms with van der Waals surface area (Å²) in [7, 11) is 2.09. The van der Waals surface area contributed by atoms with Gasteiger partial charge in [-0.25, -0.2) is 0 Å². The van der Waals surface area contributed by atoms with Gasteiger partial charge in [0.25, 0.3) is 0 Å². The Hall–Kier alpha value is -0.380. The summed E-state index contributed by atoms with van der Waals surface area (Å²) in [4.78, 5) is 4.11. The van der Waals surface area contributed by atoms with E-state index in [1.165, 1.54) is 42.8 Å². The van der Waals surface area contributed by atoms with Gasteiger partial charge in [-0.05, 0) is 70.8 Å². The first kappa shape index (κ1) is 14.0. The first-order valence-electron chi connectivity index (χ1n) is 7.03. The molecule has 1 saturated heterocycles. The van der Waals surface area contributed by atoms with Crippen molar-refractivity contribution in [3.8, 4) is 0 Å². The number of aryl methyl sites for hydroxylation is 1. The lowest BCUT2D eigenvalue weighted by Crippen LogP contribution is -2.53. The molecule has 1 N–H and O–H groups in total. The zero-order chi connectivity index (χ0) is 13.2. The molecule has 1 unspecified atom stereocenters. The van der Waals surface area contributed by atoms with E-state index in [1.807, 2.05) is 11.3 Å². The molecule has 0 spiro atoms. The lowest BCUT2D eigenvalue weighted by molar-refractivity contribution is 0.0632. The van der Waals surface area contributed by atoms with E-state index in [0.29, 0.717) is 6.04 Å². The number of likely N-dealkylation sites (tertiary alicyclic amines) is 1.